The van der Waals surface area contributed by atoms with Crippen LogP contribution in [0.15, 0.2) is 29.2 Å². The molecule has 0 aromatic heterocycles. The van der Waals surface area contributed by atoms with Crippen LogP contribution in [0.1, 0.15) is 31.4 Å². The molecular formula is C15H24N2O3S. The van der Waals surface area contributed by atoms with Crippen molar-refractivity contribution in [1.82, 2.24) is 9.62 Å². The second-order valence-corrected chi connectivity index (χ2v) is 7.38. The Kier molecular flexibility index (Phi) is 5.37. The van der Waals surface area contributed by atoms with Crippen LogP contribution in [-0.4, -0.2) is 46.1 Å². The lowest BCUT2D eigenvalue weighted by Crippen LogP contribution is -2.42. The summed E-state index contributed by atoms with van der Waals surface area (Å²) in [6.07, 6.45) is 1.75. The summed E-state index contributed by atoms with van der Waals surface area (Å²) in [5.41, 5.74) is 0.971. The van der Waals surface area contributed by atoms with E-state index < -0.39 is 10.0 Å². The Balaban J connectivity index is 2.27. The van der Waals surface area contributed by atoms with Crippen LogP contribution in [0.4, 0.5) is 0 Å². The van der Waals surface area contributed by atoms with Gasteiger partial charge in [0.05, 0.1) is 11.0 Å². The number of nitrogens with zero attached hydrogens (tertiary/aromatic N) is 1. The fourth-order valence-electron chi connectivity index (χ4n) is 2.58. The Morgan fingerprint density at radius 2 is 2.19 bits per heavy atom. The first-order valence-electron chi connectivity index (χ1n) is 7.29. The van der Waals surface area contributed by atoms with Gasteiger partial charge in [0.2, 0.25) is 10.0 Å². The van der Waals surface area contributed by atoms with Crippen molar-refractivity contribution in [3.8, 4) is 0 Å². The molecule has 1 aliphatic heterocycles. The molecule has 118 valence electrons. The Labute approximate surface area is 127 Å². The first kappa shape index (κ1) is 16.4. The van der Waals surface area contributed by atoms with Crippen LogP contribution in [0.5, 0.6) is 0 Å². The standard InChI is InChI=1S/C15H24N2O3S/c1-12(16-2)13-6-4-8-15(10-13)21(18,19)17-9-5-7-14(11-17)20-3/h4,6,8,10,12,14,16H,5,7,9,11H2,1-3H3. The second-order valence-electron chi connectivity index (χ2n) is 5.45. The topological polar surface area (TPSA) is 58.6 Å². The van der Waals surface area contributed by atoms with Crippen molar-refractivity contribution in [3.63, 3.8) is 0 Å². The molecule has 6 heteroatoms. The summed E-state index contributed by atoms with van der Waals surface area (Å²) in [4.78, 5) is 0.360. The summed E-state index contributed by atoms with van der Waals surface area (Å²) in [7, 11) is 0.0520. The van der Waals surface area contributed by atoms with Crippen molar-refractivity contribution in [2.75, 3.05) is 27.2 Å². The predicted octanol–water partition coefficient (Wildman–Crippen LogP) is 1.77. The van der Waals surface area contributed by atoms with Gasteiger partial charge in [0.25, 0.3) is 0 Å². The van der Waals surface area contributed by atoms with Crippen LogP contribution in [-0.2, 0) is 14.8 Å². The van der Waals surface area contributed by atoms with Gasteiger partial charge in [0, 0.05) is 26.2 Å². The van der Waals surface area contributed by atoms with E-state index in [1.54, 1.807) is 25.3 Å². The molecule has 0 bridgehead atoms. The van der Waals surface area contributed by atoms with Crippen LogP contribution >= 0.6 is 0 Å². The van der Waals surface area contributed by atoms with E-state index in [0.717, 1.165) is 18.4 Å². The average molecular weight is 312 g/mol. The molecule has 0 saturated carbocycles. The van der Waals surface area contributed by atoms with Gasteiger partial charge >= 0.3 is 0 Å². The van der Waals surface area contributed by atoms with Crippen molar-refractivity contribution >= 4 is 10.0 Å². The molecule has 2 unspecified atom stereocenters. The monoisotopic (exact) mass is 312 g/mol. The molecule has 21 heavy (non-hydrogen) atoms. The molecule has 2 rings (SSSR count). The zero-order chi connectivity index (χ0) is 15.5. The first-order chi connectivity index (χ1) is 9.98. The maximum atomic E-state index is 12.8. The molecule has 1 fully saturated rings. The van der Waals surface area contributed by atoms with Crippen molar-refractivity contribution in [2.24, 2.45) is 0 Å². The minimum absolute atomic E-state index is 0.00654. The van der Waals surface area contributed by atoms with E-state index in [2.05, 4.69) is 5.32 Å². The second kappa shape index (κ2) is 6.87. The van der Waals surface area contributed by atoms with Gasteiger partial charge in [-0.1, -0.05) is 12.1 Å². The Morgan fingerprint density at radius 3 is 2.86 bits per heavy atom. The highest BCUT2D eigenvalue weighted by Crippen LogP contribution is 2.24. The molecule has 1 N–H and O–H groups in total. The van der Waals surface area contributed by atoms with E-state index in [-0.39, 0.29) is 12.1 Å². The maximum absolute atomic E-state index is 12.8. The highest BCUT2D eigenvalue weighted by Gasteiger charge is 2.30. The van der Waals surface area contributed by atoms with Crippen molar-refractivity contribution in [2.45, 2.75) is 36.8 Å². The van der Waals surface area contributed by atoms with Gasteiger partial charge < -0.3 is 10.1 Å². The zero-order valence-corrected chi connectivity index (χ0v) is 13.7. The van der Waals surface area contributed by atoms with Gasteiger partial charge in [-0.25, -0.2) is 8.42 Å². The highest BCUT2D eigenvalue weighted by atomic mass is 32.2. The van der Waals surface area contributed by atoms with Crippen LogP contribution in [0.2, 0.25) is 0 Å². The number of ether oxygens (including phenoxy) is 1. The normalized spacial score (nSPS) is 22.1. The molecular weight excluding hydrogens is 288 g/mol. The Bertz CT molecular complexity index is 574. The number of piperidine rings is 1. The van der Waals surface area contributed by atoms with E-state index >= 15 is 0 Å². The van der Waals surface area contributed by atoms with E-state index in [0.29, 0.717) is 18.0 Å². The molecule has 0 radical (unpaired) electrons. The van der Waals surface area contributed by atoms with Gasteiger partial charge in [-0.05, 0) is 44.5 Å². The number of sulfonamides is 1. The smallest absolute Gasteiger partial charge is 0.243 e. The summed E-state index contributed by atoms with van der Waals surface area (Å²) < 4.78 is 32.4. The third-order valence-corrected chi connectivity index (χ3v) is 5.96. The summed E-state index contributed by atoms with van der Waals surface area (Å²) in [6.45, 7) is 3.01. The number of rotatable bonds is 5. The van der Waals surface area contributed by atoms with Gasteiger partial charge in [-0.2, -0.15) is 4.31 Å². The Hall–Kier alpha value is -0.950. The molecule has 1 aromatic rings. The van der Waals surface area contributed by atoms with E-state index in [1.807, 2.05) is 20.0 Å². The molecule has 1 aromatic carbocycles. The molecule has 2 atom stereocenters. The van der Waals surface area contributed by atoms with Crippen LogP contribution in [0.25, 0.3) is 0 Å². The number of nitrogens with one attached hydrogen (secondary N) is 1. The number of hydrogen-bond acceptors (Lipinski definition) is 4. The minimum Gasteiger partial charge on any atom is -0.380 e. The third-order valence-electron chi connectivity index (χ3n) is 4.10. The van der Waals surface area contributed by atoms with Crippen LogP contribution in [0, 0.1) is 0 Å². The number of hydrogen-bond donors (Lipinski definition) is 1. The van der Waals surface area contributed by atoms with Crippen LogP contribution in [0.3, 0.4) is 0 Å². The fourth-order valence-corrected chi connectivity index (χ4v) is 4.14. The fraction of sp³-hybridized carbons (Fsp3) is 0.600. The first-order valence-corrected chi connectivity index (χ1v) is 8.73. The predicted molar refractivity (Wildman–Crippen MR) is 82.7 cm³/mol. The quantitative estimate of drug-likeness (QED) is 0.900. The molecule has 0 aliphatic carbocycles. The van der Waals surface area contributed by atoms with Gasteiger partial charge in [-0.3, -0.25) is 0 Å². The molecule has 1 saturated heterocycles. The number of benzene rings is 1. The summed E-state index contributed by atoms with van der Waals surface area (Å²) in [5.74, 6) is 0. The highest BCUT2D eigenvalue weighted by molar-refractivity contribution is 7.89. The lowest BCUT2D eigenvalue weighted by molar-refractivity contribution is 0.0572. The number of methoxy groups -OCH3 is 1. The SMILES string of the molecule is CNC(C)c1cccc(S(=O)(=O)N2CCCC(OC)C2)c1. The molecule has 1 aliphatic rings. The average Bonchev–Trinajstić information content (AvgIpc) is 2.54. The van der Waals surface area contributed by atoms with Crippen molar-refractivity contribution in [1.29, 1.82) is 0 Å². The lowest BCUT2D eigenvalue weighted by atomic mass is 10.1. The lowest BCUT2D eigenvalue weighted by Gasteiger charge is -2.31. The minimum atomic E-state index is -3.44. The molecule has 1 heterocycles. The zero-order valence-electron chi connectivity index (χ0n) is 12.9. The molecule has 5 nitrogen and oxygen atoms in total. The van der Waals surface area contributed by atoms with E-state index in [1.165, 1.54) is 4.31 Å². The van der Waals surface area contributed by atoms with E-state index in [9.17, 15) is 8.42 Å². The maximum Gasteiger partial charge on any atom is 0.243 e. The van der Waals surface area contributed by atoms with Crippen molar-refractivity contribution < 1.29 is 13.2 Å². The third kappa shape index (κ3) is 3.63. The van der Waals surface area contributed by atoms with Gasteiger partial charge in [0.15, 0.2) is 0 Å². The Morgan fingerprint density at radius 1 is 1.43 bits per heavy atom. The molecule has 0 amide bonds. The largest absolute Gasteiger partial charge is 0.380 e. The summed E-state index contributed by atoms with van der Waals surface area (Å²) in [5, 5.41) is 3.13. The van der Waals surface area contributed by atoms with Gasteiger partial charge in [-0.15, -0.1) is 0 Å². The molecule has 0 spiro atoms. The summed E-state index contributed by atoms with van der Waals surface area (Å²) >= 11 is 0. The van der Waals surface area contributed by atoms with Crippen molar-refractivity contribution in [3.05, 3.63) is 29.8 Å². The van der Waals surface area contributed by atoms with Crippen LogP contribution < -0.4 is 5.32 Å². The summed E-state index contributed by atoms with van der Waals surface area (Å²) in [6, 6.07) is 7.28. The van der Waals surface area contributed by atoms with E-state index in [4.69, 9.17) is 4.74 Å². The van der Waals surface area contributed by atoms with Gasteiger partial charge in [0.1, 0.15) is 0 Å².